The Morgan fingerprint density at radius 1 is 0.975 bits per heavy atom. The van der Waals surface area contributed by atoms with Crippen LogP contribution in [0.4, 0.5) is 5.69 Å². The van der Waals surface area contributed by atoms with Crippen molar-refractivity contribution in [1.29, 1.82) is 0 Å². The van der Waals surface area contributed by atoms with Crippen LogP contribution in [0.2, 0.25) is 10.0 Å². The minimum absolute atomic E-state index is 0.00290. The number of hydrogen-bond acceptors (Lipinski definition) is 4. The summed E-state index contributed by atoms with van der Waals surface area (Å²) < 4.78 is 28.8. The molecule has 0 aliphatic carbocycles. The van der Waals surface area contributed by atoms with Crippen molar-refractivity contribution in [2.75, 3.05) is 23.9 Å². The highest BCUT2D eigenvalue weighted by atomic mass is 35.5. The van der Waals surface area contributed by atoms with Crippen molar-refractivity contribution in [3.63, 3.8) is 0 Å². The van der Waals surface area contributed by atoms with Gasteiger partial charge in [-0.15, -0.1) is 0 Å². The molecule has 0 spiro atoms. The number of rotatable bonds is 13. The fraction of sp³-hybridized carbons (Fsp3) is 0.333. The number of carbonyl (C=O) groups is 2. The third-order valence-corrected chi connectivity index (χ3v) is 8.87. The van der Waals surface area contributed by atoms with Crippen LogP contribution in [0.25, 0.3) is 0 Å². The van der Waals surface area contributed by atoms with Crippen LogP contribution in [-0.4, -0.2) is 50.8 Å². The lowest BCUT2D eigenvalue weighted by molar-refractivity contribution is -0.138. The number of carbonyl (C=O) groups excluding carboxylic acids is 2. The van der Waals surface area contributed by atoms with Gasteiger partial charge in [0.15, 0.2) is 0 Å². The highest BCUT2D eigenvalue weighted by Crippen LogP contribution is 2.33. The fourth-order valence-corrected chi connectivity index (χ4v) is 5.99. The van der Waals surface area contributed by atoms with Crippen LogP contribution >= 0.6 is 23.2 Å². The van der Waals surface area contributed by atoms with E-state index < -0.39 is 28.5 Å². The summed E-state index contributed by atoms with van der Waals surface area (Å²) in [5.74, 6) is -0.843. The number of amides is 2. The van der Waals surface area contributed by atoms with Gasteiger partial charge in [-0.05, 0) is 62.6 Å². The van der Waals surface area contributed by atoms with Crippen molar-refractivity contribution in [3.8, 4) is 0 Å². The molecule has 0 saturated heterocycles. The number of anilines is 1. The molecule has 40 heavy (non-hydrogen) atoms. The molecule has 0 aliphatic heterocycles. The number of sulfonamides is 1. The second-order valence-electron chi connectivity index (χ2n) is 9.56. The number of nitrogens with zero attached hydrogens (tertiary/aromatic N) is 2. The van der Waals surface area contributed by atoms with Gasteiger partial charge >= 0.3 is 0 Å². The van der Waals surface area contributed by atoms with Crippen LogP contribution < -0.4 is 9.62 Å². The predicted molar refractivity (Wildman–Crippen MR) is 161 cm³/mol. The van der Waals surface area contributed by atoms with E-state index >= 15 is 0 Å². The Labute approximate surface area is 247 Å². The molecule has 0 heterocycles. The number of benzene rings is 3. The summed E-state index contributed by atoms with van der Waals surface area (Å²) in [6.07, 6.45) is 2.21. The third-order valence-electron chi connectivity index (χ3n) is 6.55. The Kier molecular flexibility index (Phi) is 11.4. The summed E-state index contributed by atoms with van der Waals surface area (Å²) in [7, 11) is -4.23. The van der Waals surface area contributed by atoms with E-state index in [2.05, 4.69) is 5.32 Å². The van der Waals surface area contributed by atoms with E-state index in [9.17, 15) is 18.0 Å². The maximum Gasteiger partial charge on any atom is 0.264 e. The maximum absolute atomic E-state index is 13.9. The molecular weight excluding hydrogens is 569 g/mol. The molecule has 10 heteroatoms. The monoisotopic (exact) mass is 603 g/mol. The van der Waals surface area contributed by atoms with E-state index in [0.29, 0.717) is 13.0 Å². The number of halogens is 2. The first kappa shape index (κ1) is 31.5. The summed E-state index contributed by atoms with van der Waals surface area (Å²) in [5.41, 5.74) is 1.95. The SMILES string of the molecule is CCCCNC(=O)[C@@H](C)N(CCc1ccccc1)C(=O)CN(c1cc(Cl)ccc1Cl)S(=O)(=O)c1ccc(C)cc1. The Morgan fingerprint density at radius 2 is 1.65 bits per heavy atom. The van der Waals surface area contributed by atoms with Gasteiger partial charge in [0.25, 0.3) is 10.0 Å². The Balaban J connectivity index is 1.99. The molecular formula is C30H35Cl2N3O4S. The van der Waals surface area contributed by atoms with Crippen LogP contribution in [0.15, 0.2) is 77.7 Å². The van der Waals surface area contributed by atoms with Gasteiger partial charge in [-0.2, -0.15) is 0 Å². The smallest absolute Gasteiger partial charge is 0.264 e. The lowest BCUT2D eigenvalue weighted by Gasteiger charge is -2.32. The highest BCUT2D eigenvalue weighted by molar-refractivity contribution is 7.92. The highest BCUT2D eigenvalue weighted by Gasteiger charge is 2.33. The van der Waals surface area contributed by atoms with Crippen molar-refractivity contribution >= 4 is 50.7 Å². The lowest BCUT2D eigenvalue weighted by Crippen LogP contribution is -2.52. The van der Waals surface area contributed by atoms with Crippen LogP contribution in [0.5, 0.6) is 0 Å². The van der Waals surface area contributed by atoms with Gasteiger partial charge in [-0.25, -0.2) is 8.42 Å². The molecule has 1 atom stereocenters. The molecule has 0 fully saturated rings. The third kappa shape index (κ3) is 8.22. The van der Waals surface area contributed by atoms with E-state index in [1.165, 1.54) is 29.2 Å². The molecule has 2 amide bonds. The van der Waals surface area contributed by atoms with E-state index in [4.69, 9.17) is 23.2 Å². The Hall–Kier alpha value is -3.07. The van der Waals surface area contributed by atoms with Gasteiger partial charge < -0.3 is 10.2 Å². The molecule has 0 bridgehead atoms. The maximum atomic E-state index is 13.9. The molecule has 0 unspecified atom stereocenters. The van der Waals surface area contributed by atoms with E-state index in [0.717, 1.165) is 28.3 Å². The zero-order chi connectivity index (χ0) is 29.3. The normalized spacial score (nSPS) is 12.0. The largest absolute Gasteiger partial charge is 0.354 e. The number of aryl methyl sites for hydroxylation is 1. The van der Waals surface area contributed by atoms with E-state index in [-0.39, 0.29) is 33.1 Å². The van der Waals surface area contributed by atoms with Crippen LogP contribution in [0.3, 0.4) is 0 Å². The summed E-state index contributed by atoms with van der Waals surface area (Å²) in [6.45, 7) is 5.66. The van der Waals surface area contributed by atoms with Gasteiger partial charge in [0.05, 0.1) is 15.6 Å². The first-order valence-electron chi connectivity index (χ1n) is 13.2. The van der Waals surface area contributed by atoms with Gasteiger partial charge in [0.1, 0.15) is 12.6 Å². The van der Waals surface area contributed by atoms with Crippen LogP contribution in [0.1, 0.15) is 37.8 Å². The van der Waals surface area contributed by atoms with Crippen molar-refractivity contribution in [1.82, 2.24) is 10.2 Å². The standard InChI is InChI=1S/C30H35Cl2N3O4S/c1-4-5-18-33-30(37)23(3)34(19-17-24-9-7-6-8-10-24)29(36)21-35(28-20-25(31)13-16-27(28)32)40(38,39)26-14-11-22(2)12-15-26/h6-16,20,23H,4-5,17-19,21H2,1-3H3,(H,33,37)/t23-/m1/s1. The Bertz CT molecular complexity index is 1400. The number of hydrogen-bond donors (Lipinski definition) is 1. The minimum Gasteiger partial charge on any atom is -0.354 e. The average molecular weight is 605 g/mol. The summed E-state index contributed by atoms with van der Waals surface area (Å²) in [6, 6.07) is 19.5. The summed E-state index contributed by atoms with van der Waals surface area (Å²) in [4.78, 5) is 28.3. The Morgan fingerprint density at radius 3 is 2.30 bits per heavy atom. The van der Waals surface area contributed by atoms with Crippen molar-refractivity contribution in [2.45, 2.75) is 51.0 Å². The van der Waals surface area contributed by atoms with Gasteiger partial charge in [-0.3, -0.25) is 13.9 Å². The summed E-state index contributed by atoms with van der Waals surface area (Å²) >= 11 is 12.7. The minimum atomic E-state index is -4.23. The van der Waals surface area contributed by atoms with Gasteiger partial charge in [-0.1, -0.05) is 84.6 Å². The molecule has 0 saturated carbocycles. The average Bonchev–Trinajstić information content (AvgIpc) is 2.94. The van der Waals surface area contributed by atoms with E-state index in [1.807, 2.05) is 44.2 Å². The molecule has 0 aliphatic rings. The van der Waals surface area contributed by atoms with Crippen molar-refractivity contribution in [3.05, 3.63) is 94.0 Å². The van der Waals surface area contributed by atoms with Gasteiger partial charge in [0, 0.05) is 18.1 Å². The van der Waals surface area contributed by atoms with Gasteiger partial charge in [0.2, 0.25) is 11.8 Å². The first-order valence-corrected chi connectivity index (χ1v) is 15.4. The molecule has 3 aromatic carbocycles. The first-order chi connectivity index (χ1) is 19.0. The quantitative estimate of drug-likeness (QED) is 0.247. The summed E-state index contributed by atoms with van der Waals surface area (Å²) in [5, 5.41) is 3.26. The van der Waals surface area contributed by atoms with Crippen molar-refractivity contribution in [2.24, 2.45) is 0 Å². The molecule has 1 N–H and O–H groups in total. The molecule has 7 nitrogen and oxygen atoms in total. The van der Waals surface area contributed by atoms with Crippen LogP contribution in [-0.2, 0) is 26.0 Å². The fourth-order valence-electron chi connectivity index (χ4n) is 4.13. The number of nitrogens with one attached hydrogen (secondary N) is 1. The number of unbranched alkanes of at least 4 members (excludes halogenated alkanes) is 1. The second kappa shape index (κ2) is 14.5. The zero-order valence-corrected chi connectivity index (χ0v) is 25.3. The van der Waals surface area contributed by atoms with E-state index in [1.54, 1.807) is 25.1 Å². The predicted octanol–water partition coefficient (Wildman–Crippen LogP) is 5.87. The molecule has 214 valence electrons. The molecule has 3 rings (SSSR count). The second-order valence-corrected chi connectivity index (χ2v) is 12.3. The molecule has 3 aromatic rings. The van der Waals surface area contributed by atoms with Crippen LogP contribution in [0, 0.1) is 6.92 Å². The topological polar surface area (TPSA) is 86.8 Å². The molecule has 0 radical (unpaired) electrons. The lowest BCUT2D eigenvalue weighted by atomic mass is 10.1. The molecule has 0 aromatic heterocycles. The zero-order valence-electron chi connectivity index (χ0n) is 22.9. The van der Waals surface area contributed by atoms with Crippen molar-refractivity contribution < 1.29 is 18.0 Å².